The number of amides is 1. The van der Waals surface area contributed by atoms with Crippen LogP contribution in [0, 0.1) is 6.92 Å². The Bertz CT molecular complexity index is 383. The second-order valence-corrected chi connectivity index (χ2v) is 5.47. The molecular weight excluding hydrogens is 282 g/mol. The summed E-state index contributed by atoms with van der Waals surface area (Å²) in [7, 11) is 0. The Morgan fingerprint density at radius 3 is 2.60 bits per heavy atom. The van der Waals surface area contributed by atoms with E-state index in [4.69, 9.17) is 5.11 Å². The number of nitrogens with one attached hydrogen (secondary N) is 1. The predicted molar refractivity (Wildman–Crippen MR) is 61.3 cm³/mol. The topological polar surface area (TPSA) is 66.4 Å². The number of thiophene rings is 1. The van der Waals surface area contributed by atoms with Crippen LogP contribution >= 0.6 is 27.3 Å². The molecule has 4 nitrogen and oxygen atoms in total. The van der Waals surface area contributed by atoms with E-state index in [1.807, 2.05) is 6.92 Å². The van der Waals surface area contributed by atoms with Crippen LogP contribution in [0.3, 0.4) is 0 Å². The molecule has 0 spiro atoms. The summed E-state index contributed by atoms with van der Waals surface area (Å²) < 4.78 is 0.885. The fourth-order valence-electron chi connectivity index (χ4n) is 0.901. The summed E-state index contributed by atoms with van der Waals surface area (Å²) in [6.45, 7) is 3.30. The van der Waals surface area contributed by atoms with Crippen LogP contribution in [0.25, 0.3) is 0 Å². The van der Waals surface area contributed by atoms with E-state index in [1.54, 1.807) is 6.07 Å². The molecule has 15 heavy (non-hydrogen) atoms. The molecule has 0 fully saturated rings. The second-order valence-electron chi connectivity index (χ2n) is 3.10. The zero-order chi connectivity index (χ0) is 11.6. The lowest BCUT2D eigenvalue weighted by atomic mass is 10.3. The molecule has 0 unspecified atom stereocenters. The maximum atomic E-state index is 11.5. The summed E-state index contributed by atoms with van der Waals surface area (Å²) in [6, 6.07) is 0.845. The Balaban J connectivity index is 2.73. The molecule has 0 bridgehead atoms. The highest BCUT2D eigenvalue weighted by Crippen LogP contribution is 2.27. The van der Waals surface area contributed by atoms with Crippen LogP contribution in [0.5, 0.6) is 0 Å². The first kappa shape index (κ1) is 12.2. The minimum Gasteiger partial charge on any atom is -0.480 e. The maximum Gasteiger partial charge on any atom is 0.325 e. The summed E-state index contributed by atoms with van der Waals surface area (Å²) in [5, 5.41) is 11.0. The van der Waals surface area contributed by atoms with Gasteiger partial charge in [-0.1, -0.05) is 0 Å². The number of carbonyl (C=O) groups excluding carboxylic acids is 1. The Morgan fingerprint density at radius 1 is 1.60 bits per heavy atom. The number of carbonyl (C=O) groups is 2. The van der Waals surface area contributed by atoms with Crippen LogP contribution in [0.1, 0.15) is 22.2 Å². The van der Waals surface area contributed by atoms with Crippen molar-refractivity contribution in [2.75, 3.05) is 0 Å². The number of aliphatic carboxylic acids is 1. The van der Waals surface area contributed by atoms with E-state index in [2.05, 4.69) is 21.2 Å². The SMILES string of the molecule is Cc1cc(C(=O)N[C@@H](C)C(=O)O)sc1Br. The summed E-state index contributed by atoms with van der Waals surface area (Å²) in [6.07, 6.45) is 0. The molecule has 0 saturated carbocycles. The molecule has 1 amide bonds. The van der Waals surface area contributed by atoms with Crippen LogP contribution in [-0.2, 0) is 4.79 Å². The lowest BCUT2D eigenvalue weighted by molar-refractivity contribution is -0.138. The molecule has 2 N–H and O–H groups in total. The van der Waals surface area contributed by atoms with E-state index >= 15 is 0 Å². The van der Waals surface area contributed by atoms with Crippen molar-refractivity contribution in [3.8, 4) is 0 Å². The fourth-order valence-corrected chi connectivity index (χ4v) is 2.34. The molecule has 0 radical (unpaired) electrons. The van der Waals surface area contributed by atoms with E-state index < -0.39 is 12.0 Å². The molecule has 1 rings (SSSR count). The van der Waals surface area contributed by atoms with Gasteiger partial charge in [0.15, 0.2) is 0 Å². The number of aryl methyl sites for hydroxylation is 1. The van der Waals surface area contributed by atoms with Crippen molar-refractivity contribution >= 4 is 39.1 Å². The summed E-state index contributed by atoms with van der Waals surface area (Å²) >= 11 is 4.59. The second kappa shape index (κ2) is 4.76. The number of carboxylic acids is 1. The van der Waals surface area contributed by atoms with Gasteiger partial charge in [0, 0.05) is 0 Å². The third-order valence-corrected chi connectivity index (χ3v) is 3.93. The smallest absolute Gasteiger partial charge is 0.325 e. The highest BCUT2D eigenvalue weighted by atomic mass is 79.9. The number of carboxylic acid groups (broad SMARTS) is 1. The number of hydrogen-bond donors (Lipinski definition) is 2. The van der Waals surface area contributed by atoms with Gasteiger partial charge >= 0.3 is 5.97 Å². The summed E-state index contributed by atoms with van der Waals surface area (Å²) in [5.41, 5.74) is 0.966. The maximum absolute atomic E-state index is 11.5. The molecule has 0 aliphatic carbocycles. The summed E-state index contributed by atoms with van der Waals surface area (Å²) in [4.78, 5) is 22.6. The first-order valence-electron chi connectivity index (χ1n) is 4.21. The van der Waals surface area contributed by atoms with Gasteiger partial charge in [0.2, 0.25) is 0 Å². The van der Waals surface area contributed by atoms with Gasteiger partial charge in [-0.2, -0.15) is 0 Å². The first-order chi connectivity index (χ1) is 6.91. The highest BCUT2D eigenvalue weighted by molar-refractivity contribution is 9.11. The van der Waals surface area contributed by atoms with E-state index in [-0.39, 0.29) is 5.91 Å². The Hall–Kier alpha value is -0.880. The van der Waals surface area contributed by atoms with Gasteiger partial charge in [-0.15, -0.1) is 11.3 Å². The molecule has 0 aromatic carbocycles. The van der Waals surface area contributed by atoms with Crippen LogP contribution < -0.4 is 5.32 Å². The molecular formula is C9H10BrNO3S. The van der Waals surface area contributed by atoms with E-state index in [9.17, 15) is 9.59 Å². The molecule has 0 aliphatic heterocycles. The molecule has 1 atom stereocenters. The van der Waals surface area contributed by atoms with E-state index in [0.717, 1.165) is 9.35 Å². The van der Waals surface area contributed by atoms with Gasteiger partial charge in [-0.25, -0.2) is 0 Å². The summed E-state index contributed by atoms with van der Waals surface area (Å²) in [5.74, 6) is -1.40. The molecule has 1 heterocycles. The minimum atomic E-state index is -1.05. The zero-order valence-electron chi connectivity index (χ0n) is 8.20. The van der Waals surface area contributed by atoms with Gasteiger partial charge in [0.25, 0.3) is 5.91 Å². The van der Waals surface area contributed by atoms with Crippen LogP contribution in [0.15, 0.2) is 9.85 Å². The van der Waals surface area contributed by atoms with Crippen molar-refractivity contribution in [1.29, 1.82) is 0 Å². The average Bonchev–Trinajstić information content (AvgIpc) is 2.46. The predicted octanol–water partition coefficient (Wildman–Crippen LogP) is 2.02. The van der Waals surface area contributed by atoms with Crippen LogP contribution in [0.4, 0.5) is 0 Å². The van der Waals surface area contributed by atoms with Crippen molar-refractivity contribution in [2.24, 2.45) is 0 Å². The lowest BCUT2D eigenvalue weighted by Crippen LogP contribution is -2.37. The van der Waals surface area contributed by atoms with Gasteiger partial charge < -0.3 is 10.4 Å². The van der Waals surface area contributed by atoms with Crippen LogP contribution in [-0.4, -0.2) is 23.0 Å². The van der Waals surface area contributed by atoms with Crippen molar-refractivity contribution < 1.29 is 14.7 Å². The molecule has 0 aliphatic rings. The molecule has 1 aromatic heterocycles. The standard InChI is InChI=1S/C9H10BrNO3S/c1-4-3-6(15-7(4)10)8(12)11-5(2)9(13)14/h3,5H,1-2H3,(H,11,12)(H,13,14)/t5-/m0/s1. The van der Waals surface area contributed by atoms with Crippen molar-refractivity contribution in [3.63, 3.8) is 0 Å². The van der Waals surface area contributed by atoms with Crippen molar-refractivity contribution in [2.45, 2.75) is 19.9 Å². The average molecular weight is 292 g/mol. The van der Waals surface area contributed by atoms with Crippen molar-refractivity contribution in [3.05, 3.63) is 20.3 Å². The third-order valence-electron chi connectivity index (χ3n) is 1.80. The largest absolute Gasteiger partial charge is 0.480 e. The highest BCUT2D eigenvalue weighted by Gasteiger charge is 2.17. The first-order valence-corrected chi connectivity index (χ1v) is 5.82. The number of rotatable bonds is 3. The fraction of sp³-hybridized carbons (Fsp3) is 0.333. The monoisotopic (exact) mass is 291 g/mol. The Kier molecular flexibility index (Phi) is 3.87. The van der Waals surface area contributed by atoms with E-state index in [1.165, 1.54) is 18.3 Å². The Morgan fingerprint density at radius 2 is 2.20 bits per heavy atom. The quantitative estimate of drug-likeness (QED) is 0.895. The van der Waals surface area contributed by atoms with Gasteiger partial charge in [0.05, 0.1) is 8.66 Å². The Labute approximate surface area is 99.4 Å². The molecule has 82 valence electrons. The van der Waals surface area contributed by atoms with Crippen LogP contribution in [0.2, 0.25) is 0 Å². The van der Waals surface area contributed by atoms with Gasteiger partial charge in [-0.3, -0.25) is 9.59 Å². The molecule has 6 heteroatoms. The number of halogens is 1. The van der Waals surface area contributed by atoms with Crippen molar-refractivity contribution in [1.82, 2.24) is 5.32 Å². The molecule has 0 saturated heterocycles. The normalized spacial score (nSPS) is 12.2. The third kappa shape index (κ3) is 3.04. The number of hydrogen-bond acceptors (Lipinski definition) is 3. The lowest BCUT2D eigenvalue weighted by Gasteiger charge is -2.07. The van der Waals surface area contributed by atoms with E-state index in [0.29, 0.717) is 4.88 Å². The minimum absolute atomic E-state index is 0.358. The zero-order valence-corrected chi connectivity index (χ0v) is 10.6. The van der Waals surface area contributed by atoms with Gasteiger partial charge in [-0.05, 0) is 41.4 Å². The molecule has 1 aromatic rings. The van der Waals surface area contributed by atoms with Gasteiger partial charge in [0.1, 0.15) is 6.04 Å².